The highest BCUT2D eigenvalue weighted by Crippen LogP contribution is 2.00. The van der Waals surface area contributed by atoms with Gasteiger partial charge in [-0.05, 0) is 17.7 Å². The summed E-state index contributed by atoms with van der Waals surface area (Å²) in [5.74, 6) is -2.14. The minimum Gasteiger partial charge on any atom is -0.545 e. The molecule has 0 saturated heterocycles. The maximum atomic E-state index is 10.9. The second kappa shape index (κ2) is 7.00. The topological polar surface area (TPSA) is 66.4 Å². The third-order valence-corrected chi connectivity index (χ3v) is 1.79. The summed E-state index contributed by atoms with van der Waals surface area (Å²) in [6.45, 7) is 0.0884. The molecule has 0 spiro atoms. The number of carboxylic acid groups (broad SMARTS) is 1. The van der Waals surface area contributed by atoms with E-state index in [0.29, 0.717) is 6.08 Å². The Morgan fingerprint density at radius 1 is 1.18 bits per heavy atom. The molecule has 0 aromatic heterocycles. The minimum absolute atomic E-state index is 0.0884. The average molecular weight is 231 g/mol. The quantitative estimate of drug-likeness (QED) is 0.548. The van der Waals surface area contributed by atoms with Crippen LogP contribution in [0.15, 0.2) is 48.6 Å². The lowest BCUT2D eigenvalue weighted by Crippen LogP contribution is -2.19. The van der Waals surface area contributed by atoms with E-state index in [-0.39, 0.29) is 6.61 Å². The van der Waals surface area contributed by atoms with Crippen LogP contribution in [-0.4, -0.2) is 18.5 Å². The fraction of sp³-hybridized carbons (Fsp3) is 0.0769. The van der Waals surface area contributed by atoms with Gasteiger partial charge in [0.1, 0.15) is 6.61 Å². The fourth-order valence-electron chi connectivity index (χ4n) is 1.06. The number of hydrogen-bond acceptors (Lipinski definition) is 4. The maximum absolute atomic E-state index is 10.9. The molecular formula is C13H11O4-. The number of carbonyl (C=O) groups excluding carboxylic acids is 2. The molecule has 17 heavy (non-hydrogen) atoms. The first-order valence-corrected chi connectivity index (χ1v) is 4.96. The van der Waals surface area contributed by atoms with Crippen molar-refractivity contribution >= 4 is 18.0 Å². The first-order valence-electron chi connectivity index (χ1n) is 4.96. The van der Waals surface area contributed by atoms with Gasteiger partial charge in [0, 0.05) is 6.08 Å². The molecule has 0 amide bonds. The maximum Gasteiger partial charge on any atom is 0.331 e. The van der Waals surface area contributed by atoms with E-state index in [9.17, 15) is 14.7 Å². The third kappa shape index (κ3) is 5.94. The highest BCUT2D eigenvalue weighted by molar-refractivity contribution is 5.89. The molecule has 0 aliphatic rings. The molecule has 1 rings (SSSR count). The molecule has 4 heteroatoms. The van der Waals surface area contributed by atoms with E-state index in [4.69, 9.17) is 4.74 Å². The highest BCUT2D eigenvalue weighted by atomic mass is 16.5. The lowest BCUT2D eigenvalue weighted by molar-refractivity contribution is -0.297. The smallest absolute Gasteiger partial charge is 0.331 e. The molecule has 0 bridgehead atoms. The van der Waals surface area contributed by atoms with Crippen molar-refractivity contribution in [2.24, 2.45) is 0 Å². The van der Waals surface area contributed by atoms with E-state index in [0.717, 1.165) is 11.6 Å². The zero-order chi connectivity index (χ0) is 12.5. The summed E-state index contributed by atoms with van der Waals surface area (Å²) in [4.78, 5) is 20.9. The first-order chi connectivity index (χ1) is 8.18. The molecule has 1 aromatic carbocycles. The largest absolute Gasteiger partial charge is 0.545 e. The van der Waals surface area contributed by atoms with Gasteiger partial charge in [0.2, 0.25) is 0 Å². The van der Waals surface area contributed by atoms with Crippen LogP contribution >= 0.6 is 0 Å². The van der Waals surface area contributed by atoms with Gasteiger partial charge in [-0.3, -0.25) is 0 Å². The average Bonchev–Trinajstić information content (AvgIpc) is 2.33. The van der Waals surface area contributed by atoms with Crippen LogP contribution in [0.5, 0.6) is 0 Å². The number of carbonyl (C=O) groups is 2. The van der Waals surface area contributed by atoms with E-state index in [1.54, 1.807) is 12.2 Å². The summed E-state index contributed by atoms with van der Waals surface area (Å²) in [5, 5.41) is 10.00. The van der Waals surface area contributed by atoms with Gasteiger partial charge in [0.05, 0.1) is 5.97 Å². The van der Waals surface area contributed by atoms with E-state index in [1.807, 2.05) is 30.3 Å². The van der Waals surface area contributed by atoms with Crippen LogP contribution in [0.25, 0.3) is 6.08 Å². The van der Waals surface area contributed by atoms with E-state index in [1.165, 1.54) is 0 Å². The summed E-state index contributed by atoms with van der Waals surface area (Å²) in [6, 6.07) is 9.52. The Balaban J connectivity index is 2.31. The van der Waals surface area contributed by atoms with Crippen LogP contribution in [0.3, 0.4) is 0 Å². The summed E-state index contributed by atoms with van der Waals surface area (Å²) in [6.07, 6.45) is 4.91. The number of benzene rings is 1. The first kappa shape index (κ1) is 12.7. The van der Waals surface area contributed by atoms with Crippen molar-refractivity contribution < 1.29 is 19.4 Å². The lowest BCUT2D eigenvalue weighted by atomic mass is 10.2. The molecule has 0 radical (unpaired) electrons. The van der Waals surface area contributed by atoms with Crippen molar-refractivity contribution in [1.82, 2.24) is 0 Å². The van der Waals surface area contributed by atoms with Crippen molar-refractivity contribution in [3.8, 4) is 0 Å². The molecule has 0 aliphatic carbocycles. The molecule has 0 atom stereocenters. The Bertz CT molecular complexity index is 432. The number of ether oxygens (including phenoxy) is 1. The number of hydrogen-bond donors (Lipinski definition) is 0. The van der Waals surface area contributed by atoms with Gasteiger partial charge in [-0.25, -0.2) is 4.79 Å². The Morgan fingerprint density at radius 3 is 2.53 bits per heavy atom. The lowest BCUT2D eigenvalue weighted by Gasteiger charge is -1.97. The summed E-state index contributed by atoms with van der Waals surface area (Å²) in [7, 11) is 0. The van der Waals surface area contributed by atoms with Crippen molar-refractivity contribution in [3.05, 3.63) is 54.1 Å². The van der Waals surface area contributed by atoms with Crippen molar-refractivity contribution in [3.63, 3.8) is 0 Å². The highest BCUT2D eigenvalue weighted by Gasteiger charge is 1.93. The van der Waals surface area contributed by atoms with E-state index >= 15 is 0 Å². The van der Waals surface area contributed by atoms with Crippen LogP contribution in [0.1, 0.15) is 5.56 Å². The Morgan fingerprint density at radius 2 is 1.88 bits per heavy atom. The van der Waals surface area contributed by atoms with Crippen molar-refractivity contribution in [1.29, 1.82) is 0 Å². The third-order valence-electron chi connectivity index (χ3n) is 1.79. The van der Waals surface area contributed by atoms with Crippen LogP contribution in [-0.2, 0) is 14.3 Å². The fourth-order valence-corrected chi connectivity index (χ4v) is 1.06. The van der Waals surface area contributed by atoms with Crippen LogP contribution in [0.2, 0.25) is 0 Å². The molecule has 0 saturated carbocycles. The predicted molar refractivity (Wildman–Crippen MR) is 60.6 cm³/mol. The molecule has 4 nitrogen and oxygen atoms in total. The summed E-state index contributed by atoms with van der Waals surface area (Å²) < 4.78 is 4.71. The second-order valence-corrected chi connectivity index (χ2v) is 3.10. The molecular weight excluding hydrogens is 220 g/mol. The van der Waals surface area contributed by atoms with Gasteiger partial charge in [-0.1, -0.05) is 36.4 Å². The predicted octanol–water partition coefficient (Wildman–Crippen LogP) is 0.549. The minimum atomic E-state index is -1.43. The molecule has 0 N–H and O–H groups in total. The number of carboxylic acids is 1. The molecule has 88 valence electrons. The van der Waals surface area contributed by atoms with E-state index in [2.05, 4.69) is 0 Å². The second-order valence-electron chi connectivity index (χ2n) is 3.10. The van der Waals surface area contributed by atoms with Crippen molar-refractivity contribution in [2.75, 3.05) is 6.61 Å². The van der Waals surface area contributed by atoms with Gasteiger partial charge >= 0.3 is 5.97 Å². The zero-order valence-electron chi connectivity index (χ0n) is 9.04. The number of esters is 1. The normalized spacial score (nSPS) is 10.8. The van der Waals surface area contributed by atoms with Crippen LogP contribution < -0.4 is 5.11 Å². The standard InChI is InChI=1S/C13H12O4/c14-12(15)8-9-13(16)17-10-4-7-11-5-2-1-3-6-11/h1-9H,10H2,(H,14,15)/p-1/b7-4+,9-8+. The Kier molecular flexibility index (Phi) is 5.24. The molecule has 0 fully saturated rings. The van der Waals surface area contributed by atoms with Crippen LogP contribution in [0, 0.1) is 0 Å². The van der Waals surface area contributed by atoms with Crippen molar-refractivity contribution in [2.45, 2.75) is 0 Å². The van der Waals surface area contributed by atoms with Gasteiger partial charge in [-0.2, -0.15) is 0 Å². The van der Waals surface area contributed by atoms with Gasteiger partial charge in [-0.15, -0.1) is 0 Å². The monoisotopic (exact) mass is 231 g/mol. The van der Waals surface area contributed by atoms with Gasteiger partial charge in [0.15, 0.2) is 0 Å². The molecule has 0 aliphatic heterocycles. The summed E-state index contributed by atoms with van der Waals surface area (Å²) in [5.41, 5.74) is 0.994. The molecule has 0 heterocycles. The Labute approximate surface area is 98.8 Å². The molecule has 0 unspecified atom stereocenters. The Hall–Kier alpha value is -2.36. The van der Waals surface area contributed by atoms with Crippen LogP contribution in [0.4, 0.5) is 0 Å². The number of rotatable bonds is 5. The zero-order valence-corrected chi connectivity index (χ0v) is 9.04. The number of aliphatic carboxylic acids is 1. The van der Waals surface area contributed by atoms with Gasteiger partial charge < -0.3 is 14.6 Å². The van der Waals surface area contributed by atoms with E-state index < -0.39 is 11.9 Å². The SMILES string of the molecule is O=C([O-])/C=C/C(=O)OC/C=C/c1ccccc1. The van der Waals surface area contributed by atoms with Gasteiger partial charge in [0.25, 0.3) is 0 Å². The summed E-state index contributed by atoms with van der Waals surface area (Å²) >= 11 is 0. The molecule has 1 aromatic rings.